The van der Waals surface area contributed by atoms with Crippen LogP contribution in [-0.2, 0) is 0 Å². The number of phenols is 1. The molecule has 1 aromatic carbocycles. The Labute approximate surface area is 89.5 Å². The Balaban J connectivity index is 2.78. The van der Waals surface area contributed by atoms with Gasteiger partial charge in [0.2, 0.25) is 0 Å². The van der Waals surface area contributed by atoms with Crippen LogP contribution in [0.3, 0.4) is 0 Å². The lowest BCUT2D eigenvalue weighted by Gasteiger charge is -2.05. The summed E-state index contributed by atoms with van der Waals surface area (Å²) in [6.07, 6.45) is 5.13. The van der Waals surface area contributed by atoms with E-state index in [1.165, 1.54) is 0 Å². The standard InChI is InChI=1S/C12H14N2O/c1-3-5-12(13-4-2)14-10-6-8-11(15)9-7-10/h3-9,14-15H,1H2,2H3/b12-5+,13-4?. The van der Waals surface area contributed by atoms with E-state index in [1.807, 2.05) is 6.92 Å². The van der Waals surface area contributed by atoms with Crippen LogP contribution in [0.4, 0.5) is 5.69 Å². The van der Waals surface area contributed by atoms with Crippen LogP contribution in [0.2, 0.25) is 0 Å². The first-order chi connectivity index (χ1) is 7.26. The molecule has 78 valence electrons. The fourth-order valence-corrected chi connectivity index (χ4v) is 1.06. The summed E-state index contributed by atoms with van der Waals surface area (Å²) in [5.74, 6) is 0.951. The van der Waals surface area contributed by atoms with Crippen LogP contribution in [0.15, 0.2) is 53.8 Å². The quantitative estimate of drug-likeness (QED) is 0.448. The molecule has 0 atom stereocenters. The number of rotatable bonds is 4. The topological polar surface area (TPSA) is 44.6 Å². The van der Waals surface area contributed by atoms with Gasteiger partial charge in [-0.25, -0.2) is 4.99 Å². The van der Waals surface area contributed by atoms with Crippen LogP contribution < -0.4 is 5.32 Å². The number of nitrogens with one attached hydrogen (secondary N) is 1. The minimum absolute atomic E-state index is 0.244. The lowest BCUT2D eigenvalue weighted by Crippen LogP contribution is -1.96. The molecule has 0 saturated heterocycles. The van der Waals surface area contributed by atoms with E-state index in [9.17, 15) is 0 Å². The zero-order chi connectivity index (χ0) is 11.1. The monoisotopic (exact) mass is 202 g/mol. The molecule has 0 radical (unpaired) electrons. The molecule has 0 heterocycles. The van der Waals surface area contributed by atoms with Crippen LogP contribution in [-0.4, -0.2) is 11.3 Å². The third-order valence-corrected chi connectivity index (χ3v) is 1.68. The average molecular weight is 202 g/mol. The molecule has 0 bridgehead atoms. The van der Waals surface area contributed by atoms with Crippen molar-refractivity contribution in [3.63, 3.8) is 0 Å². The second-order valence-electron chi connectivity index (χ2n) is 2.85. The highest BCUT2D eigenvalue weighted by Gasteiger charge is 1.94. The minimum Gasteiger partial charge on any atom is -0.508 e. The van der Waals surface area contributed by atoms with Gasteiger partial charge in [-0.15, -0.1) is 0 Å². The van der Waals surface area contributed by atoms with E-state index >= 15 is 0 Å². The first-order valence-corrected chi connectivity index (χ1v) is 4.63. The Morgan fingerprint density at radius 1 is 1.40 bits per heavy atom. The van der Waals surface area contributed by atoms with Gasteiger partial charge in [0.25, 0.3) is 0 Å². The molecule has 0 aliphatic carbocycles. The molecule has 0 aliphatic rings. The predicted octanol–water partition coefficient (Wildman–Crippen LogP) is 2.92. The van der Waals surface area contributed by atoms with Crippen molar-refractivity contribution in [2.24, 2.45) is 4.99 Å². The minimum atomic E-state index is 0.244. The number of aliphatic imine (C=N–C) groups is 1. The molecule has 0 aliphatic heterocycles. The second-order valence-corrected chi connectivity index (χ2v) is 2.85. The molecule has 0 spiro atoms. The van der Waals surface area contributed by atoms with E-state index in [0.29, 0.717) is 5.82 Å². The highest BCUT2D eigenvalue weighted by molar-refractivity contribution is 5.58. The van der Waals surface area contributed by atoms with Crippen LogP contribution in [0.25, 0.3) is 0 Å². The zero-order valence-corrected chi connectivity index (χ0v) is 8.64. The SMILES string of the molecule is C=C/C=C(\N=CC)Nc1ccc(O)cc1. The summed E-state index contributed by atoms with van der Waals surface area (Å²) >= 11 is 0. The largest absolute Gasteiger partial charge is 0.508 e. The van der Waals surface area contributed by atoms with Crippen molar-refractivity contribution < 1.29 is 5.11 Å². The van der Waals surface area contributed by atoms with Gasteiger partial charge in [-0.2, -0.15) is 0 Å². The van der Waals surface area contributed by atoms with Gasteiger partial charge in [0.05, 0.1) is 0 Å². The third-order valence-electron chi connectivity index (χ3n) is 1.68. The molecular weight excluding hydrogens is 188 g/mol. The zero-order valence-electron chi connectivity index (χ0n) is 8.64. The summed E-state index contributed by atoms with van der Waals surface area (Å²) in [4.78, 5) is 4.12. The molecule has 3 heteroatoms. The Morgan fingerprint density at radius 2 is 2.07 bits per heavy atom. The molecule has 0 fully saturated rings. The lowest BCUT2D eigenvalue weighted by atomic mass is 10.3. The number of benzene rings is 1. The number of aromatic hydroxyl groups is 1. The van der Waals surface area contributed by atoms with E-state index in [2.05, 4.69) is 16.9 Å². The van der Waals surface area contributed by atoms with Crippen molar-refractivity contribution in [2.45, 2.75) is 6.92 Å². The fourth-order valence-electron chi connectivity index (χ4n) is 1.06. The van der Waals surface area contributed by atoms with Crippen LogP contribution in [0.5, 0.6) is 5.75 Å². The Hall–Kier alpha value is -2.03. The smallest absolute Gasteiger partial charge is 0.129 e. The van der Waals surface area contributed by atoms with Crippen molar-refractivity contribution in [2.75, 3.05) is 5.32 Å². The highest BCUT2D eigenvalue weighted by Crippen LogP contribution is 2.15. The maximum absolute atomic E-state index is 9.11. The first kappa shape index (κ1) is 11.0. The van der Waals surface area contributed by atoms with Crippen molar-refractivity contribution in [1.29, 1.82) is 0 Å². The number of anilines is 1. The van der Waals surface area contributed by atoms with Crippen molar-refractivity contribution >= 4 is 11.9 Å². The van der Waals surface area contributed by atoms with Gasteiger partial charge in [-0.1, -0.05) is 12.7 Å². The maximum Gasteiger partial charge on any atom is 0.129 e. The van der Waals surface area contributed by atoms with Crippen molar-refractivity contribution in [1.82, 2.24) is 0 Å². The summed E-state index contributed by atoms with van der Waals surface area (Å²) in [6.45, 7) is 5.45. The van der Waals surface area contributed by atoms with Gasteiger partial charge in [0, 0.05) is 11.9 Å². The van der Waals surface area contributed by atoms with Crippen LogP contribution in [0, 0.1) is 0 Å². The van der Waals surface area contributed by atoms with E-state index < -0.39 is 0 Å². The molecule has 0 unspecified atom stereocenters. The molecule has 3 nitrogen and oxygen atoms in total. The van der Waals surface area contributed by atoms with Gasteiger partial charge in [0.15, 0.2) is 0 Å². The molecular formula is C12H14N2O. The van der Waals surface area contributed by atoms with Gasteiger partial charge >= 0.3 is 0 Å². The number of nitrogens with zero attached hydrogens (tertiary/aromatic N) is 1. The maximum atomic E-state index is 9.11. The lowest BCUT2D eigenvalue weighted by molar-refractivity contribution is 0.475. The van der Waals surface area contributed by atoms with Crippen molar-refractivity contribution in [3.8, 4) is 5.75 Å². The normalized spacial score (nSPS) is 11.7. The molecule has 0 aromatic heterocycles. The van der Waals surface area contributed by atoms with Gasteiger partial charge < -0.3 is 10.4 Å². The van der Waals surface area contributed by atoms with Crippen molar-refractivity contribution in [3.05, 3.63) is 48.8 Å². The van der Waals surface area contributed by atoms with E-state index in [1.54, 1.807) is 42.6 Å². The number of allylic oxidation sites excluding steroid dienone is 2. The third kappa shape index (κ3) is 3.68. The average Bonchev–Trinajstić information content (AvgIpc) is 2.22. The fraction of sp³-hybridized carbons (Fsp3) is 0.0833. The summed E-state index contributed by atoms with van der Waals surface area (Å²) in [5, 5.41) is 12.2. The Bertz CT molecular complexity index is 377. The second kappa shape index (κ2) is 5.65. The predicted molar refractivity (Wildman–Crippen MR) is 64.2 cm³/mol. The first-order valence-electron chi connectivity index (χ1n) is 4.63. The molecule has 0 amide bonds. The number of hydrogen-bond acceptors (Lipinski definition) is 3. The van der Waals surface area contributed by atoms with Crippen LogP contribution in [0.1, 0.15) is 6.92 Å². The van der Waals surface area contributed by atoms with Crippen LogP contribution >= 0.6 is 0 Å². The molecule has 2 N–H and O–H groups in total. The van der Waals surface area contributed by atoms with E-state index in [4.69, 9.17) is 5.11 Å². The Morgan fingerprint density at radius 3 is 2.60 bits per heavy atom. The molecule has 1 aromatic rings. The summed E-state index contributed by atoms with van der Waals surface area (Å²) in [6, 6.07) is 6.78. The number of phenolic OH excluding ortho intramolecular Hbond substituents is 1. The molecule has 0 saturated carbocycles. The van der Waals surface area contributed by atoms with E-state index in [-0.39, 0.29) is 5.75 Å². The van der Waals surface area contributed by atoms with Gasteiger partial charge in [0.1, 0.15) is 11.6 Å². The molecule has 1 rings (SSSR count). The van der Waals surface area contributed by atoms with E-state index in [0.717, 1.165) is 5.69 Å². The Kier molecular flexibility index (Phi) is 4.16. The van der Waals surface area contributed by atoms with Gasteiger partial charge in [-0.05, 0) is 37.3 Å². The van der Waals surface area contributed by atoms with Gasteiger partial charge in [-0.3, -0.25) is 0 Å². The highest BCUT2D eigenvalue weighted by atomic mass is 16.3. The molecule has 15 heavy (non-hydrogen) atoms. The summed E-state index contributed by atoms with van der Waals surface area (Å²) in [5.41, 5.74) is 0.867. The number of hydrogen-bond donors (Lipinski definition) is 2. The summed E-state index contributed by atoms with van der Waals surface area (Å²) in [7, 11) is 0. The summed E-state index contributed by atoms with van der Waals surface area (Å²) < 4.78 is 0.